The van der Waals surface area contributed by atoms with Gasteiger partial charge in [-0.1, -0.05) is 73.2 Å². The van der Waals surface area contributed by atoms with Gasteiger partial charge in [-0.15, -0.1) is 0 Å². The Balaban J connectivity index is 1.25. The highest BCUT2D eigenvalue weighted by atomic mass is 16.7. The van der Waals surface area contributed by atoms with E-state index in [4.69, 9.17) is 14.6 Å². The van der Waals surface area contributed by atoms with Gasteiger partial charge in [0.05, 0.1) is 18.8 Å². The average Bonchev–Trinajstić information content (AvgIpc) is 3.13. The number of pyridine rings is 1. The molecular formula is C40H47N3O6. The van der Waals surface area contributed by atoms with Crippen molar-refractivity contribution in [2.75, 3.05) is 20.1 Å². The average molecular weight is 666 g/mol. The molecule has 0 radical (unpaired) electrons. The number of rotatable bonds is 17. The Morgan fingerprint density at radius 1 is 0.857 bits per heavy atom. The van der Waals surface area contributed by atoms with Crippen molar-refractivity contribution >= 4 is 11.9 Å². The SMILES string of the molecule is CN(CCc1ccccn1)CC1CC(c2ccc(CO)cc2)OC(c2cccc(-c3cccc(CNC(=O)CCCCCC(=O)O)c3)c2)O1. The Kier molecular flexibility index (Phi) is 13.5. The third kappa shape index (κ3) is 11.3. The first-order valence-electron chi connectivity index (χ1n) is 17.1. The van der Waals surface area contributed by atoms with Crippen LogP contribution in [0.4, 0.5) is 0 Å². The Morgan fingerprint density at radius 2 is 1.63 bits per heavy atom. The predicted molar refractivity (Wildman–Crippen MR) is 188 cm³/mol. The molecular weight excluding hydrogens is 618 g/mol. The van der Waals surface area contributed by atoms with Gasteiger partial charge in [-0.3, -0.25) is 14.6 Å². The lowest BCUT2D eigenvalue weighted by atomic mass is 9.98. The number of nitrogens with one attached hydrogen (secondary N) is 1. The zero-order valence-corrected chi connectivity index (χ0v) is 28.2. The van der Waals surface area contributed by atoms with Crippen LogP contribution in [0, 0.1) is 0 Å². The van der Waals surface area contributed by atoms with Crippen LogP contribution in [-0.2, 0) is 38.6 Å². The summed E-state index contributed by atoms with van der Waals surface area (Å²) in [7, 11) is 2.11. The molecule has 0 spiro atoms. The number of hydrogen-bond donors (Lipinski definition) is 3. The van der Waals surface area contributed by atoms with E-state index in [2.05, 4.69) is 52.6 Å². The Labute approximate surface area is 288 Å². The molecule has 9 nitrogen and oxygen atoms in total. The lowest BCUT2D eigenvalue weighted by molar-refractivity contribution is -0.252. The number of carboxylic acid groups (broad SMARTS) is 1. The summed E-state index contributed by atoms with van der Waals surface area (Å²) >= 11 is 0. The van der Waals surface area contributed by atoms with Crippen molar-refractivity contribution in [3.8, 4) is 11.1 Å². The van der Waals surface area contributed by atoms with Crippen molar-refractivity contribution in [2.45, 2.75) is 76.6 Å². The second kappa shape index (κ2) is 18.4. The molecule has 3 atom stereocenters. The molecule has 1 amide bonds. The minimum atomic E-state index is -0.802. The van der Waals surface area contributed by atoms with Gasteiger partial charge in [0, 0.05) is 62.8 Å². The smallest absolute Gasteiger partial charge is 0.303 e. The first kappa shape index (κ1) is 35.9. The number of aliphatic hydroxyl groups is 1. The topological polar surface area (TPSA) is 121 Å². The molecule has 49 heavy (non-hydrogen) atoms. The molecule has 9 heteroatoms. The van der Waals surface area contributed by atoms with Gasteiger partial charge in [0.1, 0.15) is 0 Å². The fourth-order valence-electron chi connectivity index (χ4n) is 6.08. The monoisotopic (exact) mass is 665 g/mol. The van der Waals surface area contributed by atoms with Crippen molar-refractivity contribution in [1.82, 2.24) is 15.2 Å². The van der Waals surface area contributed by atoms with Gasteiger partial charge in [0.25, 0.3) is 0 Å². The van der Waals surface area contributed by atoms with Crippen LogP contribution in [0.15, 0.2) is 97.2 Å². The molecule has 258 valence electrons. The van der Waals surface area contributed by atoms with Crippen LogP contribution in [0.5, 0.6) is 0 Å². The highest BCUT2D eigenvalue weighted by Crippen LogP contribution is 2.39. The summed E-state index contributed by atoms with van der Waals surface area (Å²) in [4.78, 5) is 29.8. The number of amides is 1. The van der Waals surface area contributed by atoms with Crippen LogP contribution in [0.25, 0.3) is 11.1 Å². The van der Waals surface area contributed by atoms with E-state index >= 15 is 0 Å². The number of nitrogens with zero attached hydrogens (tertiary/aromatic N) is 2. The molecule has 4 aromatic rings. The maximum atomic E-state index is 12.4. The highest BCUT2D eigenvalue weighted by Gasteiger charge is 2.33. The number of hydrogen-bond acceptors (Lipinski definition) is 7. The van der Waals surface area contributed by atoms with E-state index in [-0.39, 0.29) is 31.1 Å². The molecule has 0 bridgehead atoms. The number of carboxylic acids is 1. The molecule has 1 saturated heterocycles. The number of aliphatic carboxylic acids is 1. The van der Waals surface area contributed by atoms with Crippen LogP contribution in [0.2, 0.25) is 0 Å². The molecule has 2 heterocycles. The molecule has 3 N–H and O–H groups in total. The van der Waals surface area contributed by atoms with E-state index in [0.29, 0.717) is 32.2 Å². The lowest BCUT2D eigenvalue weighted by Crippen LogP contribution is -2.38. The van der Waals surface area contributed by atoms with Gasteiger partial charge in [-0.05, 0) is 72.0 Å². The first-order valence-corrected chi connectivity index (χ1v) is 17.1. The largest absolute Gasteiger partial charge is 0.481 e. The fraction of sp³-hybridized carbons (Fsp3) is 0.375. The van der Waals surface area contributed by atoms with Gasteiger partial charge in [-0.2, -0.15) is 0 Å². The van der Waals surface area contributed by atoms with Crippen LogP contribution in [-0.4, -0.2) is 58.2 Å². The van der Waals surface area contributed by atoms with Crippen LogP contribution >= 0.6 is 0 Å². The van der Waals surface area contributed by atoms with E-state index in [9.17, 15) is 14.7 Å². The van der Waals surface area contributed by atoms with Gasteiger partial charge in [-0.25, -0.2) is 0 Å². The summed E-state index contributed by atoms with van der Waals surface area (Å²) in [5.41, 5.74) is 6.95. The second-order valence-electron chi connectivity index (χ2n) is 12.7. The minimum Gasteiger partial charge on any atom is -0.481 e. The minimum absolute atomic E-state index is 0.00221. The normalized spacial score (nSPS) is 17.6. The van der Waals surface area contributed by atoms with E-state index in [0.717, 1.165) is 65.0 Å². The number of benzene rings is 3. The fourth-order valence-corrected chi connectivity index (χ4v) is 6.08. The molecule has 1 aliphatic heterocycles. The number of likely N-dealkylation sites (N-methyl/N-ethyl adjacent to an activating group) is 1. The zero-order chi connectivity index (χ0) is 34.4. The summed E-state index contributed by atoms with van der Waals surface area (Å²) in [6.07, 6.45) is 5.09. The number of carbonyl (C=O) groups excluding carboxylic acids is 1. The van der Waals surface area contributed by atoms with Gasteiger partial charge in [0.2, 0.25) is 5.91 Å². The standard InChI is InChI=1S/C40H47N3O6/c1-43(22-20-35-13-5-6-21-41-35)27-36-25-37(31-18-16-29(28-44)17-19-31)49-40(48-36)34-12-8-11-33(24-34)32-10-7-9-30(23-32)26-42-38(45)14-3-2-4-15-39(46)47/h5-13,16-19,21,23-24,36-37,40,44H,2-4,14-15,20,22,25-28H2,1H3,(H,42,45)(H,46,47). The van der Waals surface area contributed by atoms with Crippen molar-refractivity contribution in [2.24, 2.45) is 0 Å². The molecule has 5 rings (SSSR count). The maximum Gasteiger partial charge on any atom is 0.303 e. The van der Waals surface area contributed by atoms with Crippen molar-refractivity contribution in [1.29, 1.82) is 0 Å². The third-order valence-electron chi connectivity index (χ3n) is 8.81. The Morgan fingerprint density at radius 3 is 2.39 bits per heavy atom. The van der Waals surface area contributed by atoms with Gasteiger partial charge >= 0.3 is 5.97 Å². The number of aromatic nitrogens is 1. The van der Waals surface area contributed by atoms with Gasteiger partial charge < -0.3 is 29.9 Å². The molecule has 1 fully saturated rings. The number of aliphatic hydroxyl groups excluding tert-OH is 1. The summed E-state index contributed by atoms with van der Waals surface area (Å²) in [6.45, 7) is 2.02. The lowest BCUT2D eigenvalue weighted by Gasteiger charge is -2.38. The van der Waals surface area contributed by atoms with E-state index in [1.807, 2.05) is 66.9 Å². The molecule has 3 aromatic carbocycles. The molecule has 0 saturated carbocycles. The van der Waals surface area contributed by atoms with E-state index in [1.54, 1.807) is 0 Å². The maximum absolute atomic E-state index is 12.4. The van der Waals surface area contributed by atoms with Crippen LogP contribution in [0.1, 0.15) is 78.9 Å². The predicted octanol–water partition coefficient (Wildman–Crippen LogP) is 6.61. The molecule has 3 unspecified atom stereocenters. The summed E-state index contributed by atoms with van der Waals surface area (Å²) in [5, 5.41) is 21.3. The summed E-state index contributed by atoms with van der Waals surface area (Å²) in [6, 6.07) is 30.3. The van der Waals surface area contributed by atoms with E-state index < -0.39 is 12.3 Å². The number of carbonyl (C=O) groups is 2. The summed E-state index contributed by atoms with van der Waals surface area (Å²) < 4.78 is 13.3. The number of ether oxygens (including phenoxy) is 2. The first-order chi connectivity index (χ1) is 23.9. The second-order valence-corrected chi connectivity index (χ2v) is 12.7. The Bertz CT molecular complexity index is 1630. The quantitative estimate of drug-likeness (QED) is 0.108. The highest BCUT2D eigenvalue weighted by molar-refractivity contribution is 5.76. The van der Waals surface area contributed by atoms with Gasteiger partial charge in [0.15, 0.2) is 6.29 Å². The van der Waals surface area contributed by atoms with Crippen molar-refractivity contribution in [3.05, 3.63) is 125 Å². The Hall–Kier alpha value is -4.41. The molecule has 0 aliphatic carbocycles. The van der Waals surface area contributed by atoms with E-state index in [1.165, 1.54) is 0 Å². The van der Waals surface area contributed by atoms with Crippen LogP contribution in [0.3, 0.4) is 0 Å². The van der Waals surface area contributed by atoms with Crippen LogP contribution < -0.4 is 5.32 Å². The summed E-state index contributed by atoms with van der Waals surface area (Å²) in [5.74, 6) is -0.838. The number of unbranched alkanes of at least 4 members (excludes halogenated alkanes) is 2. The van der Waals surface area contributed by atoms with Crippen molar-refractivity contribution < 1.29 is 29.3 Å². The van der Waals surface area contributed by atoms with Crippen molar-refractivity contribution in [3.63, 3.8) is 0 Å². The zero-order valence-electron chi connectivity index (χ0n) is 28.2. The third-order valence-corrected chi connectivity index (χ3v) is 8.81. The molecule has 1 aliphatic rings. The molecule has 1 aromatic heterocycles.